The molecule has 1 aliphatic rings. The van der Waals surface area contributed by atoms with Crippen molar-refractivity contribution in [1.82, 2.24) is 19.9 Å². The number of halogens is 5. The van der Waals surface area contributed by atoms with Crippen molar-refractivity contribution in [2.75, 3.05) is 11.1 Å². The van der Waals surface area contributed by atoms with Crippen LogP contribution in [-0.2, 0) is 0 Å². The highest BCUT2D eigenvalue weighted by Gasteiger charge is 2.45. The minimum Gasteiger partial charge on any atom is -0.388 e. The summed E-state index contributed by atoms with van der Waals surface area (Å²) in [6.45, 7) is 0. The number of hydrogen-bond acceptors (Lipinski definition) is 7. The molecule has 1 saturated carbocycles. The molecule has 7 nitrogen and oxygen atoms in total. The van der Waals surface area contributed by atoms with Gasteiger partial charge in [0, 0.05) is 24.9 Å². The first-order chi connectivity index (χ1) is 11.6. The molecule has 25 heavy (non-hydrogen) atoms. The first-order valence-electron chi connectivity index (χ1n) is 6.99. The summed E-state index contributed by atoms with van der Waals surface area (Å²) in [5.74, 6) is -3.84. The Bertz CT molecular complexity index is 776. The number of pyridine rings is 1. The molecular formula is C13H11F5N6O. The summed E-state index contributed by atoms with van der Waals surface area (Å²) < 4.78 is 66.2. The number of nitrogen functional groups attached to an aromatic ring is 1. The monoisotopic (exact) mass is 362 g/mol. The molecule has 2 aromatic rings. The Morgan fingerprint density at radius 2 is 1.84 bits per heavy atom. The van der Waals surface area contributed by atoms with Gasteiger partial charge in [-0.25, -0.2) is 13.8 Å². The molecule has 134 valence electrons. The van der Waals surface area contributed by atoms with Crippen molar-refractivity contribution in [2.45, 2.75) is 31.2 Å². The fourth-order valence-corrected chi connectivity index (χ4v) is 2.23. The summed E-state index contributed by atoms with van der Waals surface area (Å²) in [5.41, 5.74) is 5.49. The molecule has 1 fully saturated rings. The van der Waals surface area contributed by atoms with E-state index in [1.54, 1.807) is 0 Å². The number of nitrogens with zero attached hydrogens (tertiary/aromatic N) is 4. The van der Waals surface area contributed by atoms with Crippen LogP contribution in [0.15, 0.2) is 18.2 Å². The minimum absolute atomic E-state index is 0.0437. The zero-order chi connectivity index (χ0) is 18.2. The molecule has 0 bridgehead atoms. The largest absolute Gasteiger partial charge is 0.574 e. The molecule has 2 heterocycles. The standard InChI is InChI=1S/C13H11F5N6O/c14-12(15)4-6(5-12)20-11-23-9(22-10(19)24-11)7-2-1-3-8(21-7)25-13(16,17)18/h1-3,6H,4-5H2,(H3,19,20,22,23,24). The quantitative estimate of drug-likeness (QED) is 0.807. The summed E-state index contributed by atoms with van der Waals surface area (Å²) in [4.78, 5) is 15.2. The van der Waals surface area contributed by atoms with E-state index < -0.39 is 24.2 Å². The number of nitrogens with two attached hydrogens (primary N) is 1. The Hall–Kier alpha value is -2.79. The lowest BCUT2D eigenvalue weighted by atomic mass is 9.88. The number of nitrogens with one attached hydrogen (secondary N) is 1. The van der Waals surface area contributed by atoms with E-state index in [0.717, 1.165) is 6.07 Å². The SMILES string of the molecule is Nc1nc(NC2CC(F)(F)C2)nc(-c2cccc(OC(F)(F)F)n2)n1. The van der Waals surface area contributed by atoms with Crippen molar-refractivity contribution >= 4 is 11.9 Å². The number of ether oxygens (including phenoxy) is 1. The maximum atomic E-state index is 12.9. The van der Waals surface area contributed by atoms with Crippen LogP contribution >= 0.6 is 0 Å². The first-order valence-corrected chi connectivity index (χ1v) is 6.99. The zero-order valence-corrected chi connectivity index (χ0v) is 12.4. The van der Waals surface area contributed by atoms with Crippen LogP contribution < -0.4 is 15.8 Å². The van der Waals surface area contributed by atoms with Gasteiger partial charge < -0.3 is 15.8 Å². The van der Waals surface area contributed by atoms with Gasteiger partial charge in [0.2, 0.25) is 17.8 Å². The lowest BCUT2D eigenvalue weighted by Gasteiger charge is -2.35. The van der Waals surface area contributed by atoms with E-state index in [0.29, 0.717) is 0 Å². The third kappa shape index (κ3) is 4.39. The Morgan fingerprint density at radius 3 is 2.48 bits per heavy atom. The predicted octanol–water partition coefficient (Wildman–Crippen LogP) is 2.62. The van der Waals surface area contributed by atoms with E-state index in [1.807, 2.05) is 0 Å². The summed E-state index contributed by atoms with van der Waals surface area (Å²) in [5, 5.41) is 2.68. The molecule has 2 aromatic heterocycles. The number of anilines is 2. The average molecular weight is 362 g/mol. The van der Waals surface area contributed by atoms with Crippen LogP contribution in [0.2, 0.25) is 0 Å². The van der Waals surface area contributed by atoms with E-state index in [2.05, 4.69) is 30.0 Å². The first kappa shape index (κ1) is 17.0. The highest BCUT2D eigenvalue weighted by atomic mass is 19.4. The summed E-state index contributed by atoms with van der Waals surface area (Å²) in [6, 6.07) is 3.09. The van der Waals surface area contributed by atoms with Crippen LogP contribution in [0.25, 0.3) is 11.5 Å². The molecule has 0 spiro atoms. The topological polar surface area (TPSA) is 98.8 Å². The van der Waals surface area contributed by atoms with Gasteiger partial charge in [-0.15, -0.1) is 13.2 Å². The Kier molecular flexibility index (Phi) is 4.05. The zero-order valence-electron chi connectivity index (χ0n) is 12.4. The third-order valence-corrected chi connectivity index (χ3v) is 3.25. The summed E-state index contributed by atoms with van der Waals surface area (Å²) in [6.07, 6.45) is -5.64. The van der Waals surface area contributed by atoms with Crippen molar-refractivity contribution in [2.24, 2.45) is 0 Å². The maximum absolute atomic E-state index is 12.9. The van der Waals surface area contributed by atoms with Gasteiger partial charge in [0.05, 0.1) is 0 Å². The lowest BCUT2D eigenvalue weighted by Crippen LogP contribution is -2.44. The van der Waals surface area contributed by atoms with Crippen molar-refractivity contribution in [3.8, 4) is 17.4 Å². The fraction of sp³-hybridized carbons (Fsp3) is 0.385. The van der Waals surface area contributed by atoms with Gasteiger partial charge in [-0.2, -0.15) is 15.0 Å². The molecule has 12 heteroatoms. The molecule has 0 amide bonds. The molecule has 0 unspecified atom stereocenters. The van der Waals surface area contributed by atoms with Gasteiger partial charge in [-0.05, 0) is 6.07 Å². The summed E-state index contributed by atoms with van der Waals surface area (Å²) >= 11 is 0. The normalized spacial score (nSPS) is 17.0. The Morgan fingerprint density at radius 1 is 1.12 bits per heavy atom. The van der Waals surface area contributed by atoms with Crippen LogP contribution in [0.5, 0.6) is 5.88 Å². The van der Waals surface area contributed by atoms with Crippen LogP contribution in [0.4, 0.5) is 33.8 Å². The van der Waals surface area contributed by atoms with Crippen LogP contribution in [0.3, 0.4) is 0 Å². The van der Waals surface area contributed by atoms with Crippen molar-refractivity contribution < 1.29 is 26.7 Å². The van der Waals surface area contributed by atoms with E-state index >= 15 is 0 Å². The van der Waals surface area contributed by atoms with Crippen molar-refractivity contribution in [3.63, 3.8) is 0 Å². The predicted molar refractivity (Wildman–Crippen MR) is 75.7 cm³/mol. The highest BCUT2D eigenvalue weighted by molar-refractivity contribution is 5.53. The lowest BCUT2D eigenvalue weighted by molar-refractivity contribution is -0.276. The van der Waals surface area contributed by atoms with Gasteiger partial charge in [0.25, 0.3) is 5.92 Å². The average Bonchev–Trinajstić information content (AvgIpc) is 2.43. The smallest absolute Gasteiger partial charge is 0.388 e. The number of hydrogen-bond donors (Lipinski definition) is 2. The maximum Gasteiger partial charge on any atom is 0.574 e. The van der Waals surface area contributed by atoms with E-state index in [9.17, 15) is 22.0 Å². The van der Waals surface area contributed by atoms with E-state index in [1.165, 1.54) is 12.1 Å². The number of alkyl halides is 5. The van der Waals surface area contributed by atoms with Crippen LogP contribution in [-0.4, -0.2) is 38.3 Å². The molecule has 0 aromatic carbocycles. The van der Waals surface area contributed by atoms with Crippen LogP contribution in [0, 0.1) is 0 Å². The van der Waals surface area contributed by atoms with Crippen LogP contribution in [0.1, 0.15) is 12.8 Å². The molecule has 0 saturated heterocycles. The minimum atomic E-state index is -4.90. The number of rotatable bonds is 4. The van der Waals surface area contributed by atoms with Gasteiger partial charge in [0.15, 0.2) is 5.82 Å². The fourth-order valence-electron chi connectivity index (χ4n) is 2.23. The van der Waals surface area contributed by atoms with Gasteiger partial charge in [-0.3, -0.25) is 0 Å². The molecular weight excluding hydrogens is 351 g/mol. The van der Waals surface area contributed by atoms with E-state index in [-0.39, 0.29) is 36.3 Å². The second-order valence-corrected chi connectivity index (χ2v) is 5.36. The molecule has 3 N–H and O–H groups in total. The summed E-state index contributed by atoms with van der Waals surface area (Å²) in [7, 11) is 0. The van der Waals surface area contributed by atoms with Gasteiger partial charge in [-0.1, -0.05) is 6.07 Å². The van der Waals surface area contributed by atoms with Crippen molar-refractivity contribution in [1.29, 1.82) is 0 Å². The third-order valence-electron chi connectivity index (χ3n) is 3.25. The van der Waals surface area contributed by atoms with E-state index in [4.69, 9.17) is 5.73 Å². The molecule has 0 aliphatic heterocycles. The second kappa shape index (κ2) is 5.93. The van der Waals surface area contributed by atoms with Gasteiger partial charge >= 0.3 is 6.36 Å². The Balaban J connectivity index is 1.81. The molecule has 0 atom stereocenters. The van der Waals surface area contributed by atoms with Gasteiger partial charge in [0.1, 0.15) is 5.69 Å². The Labute approximate surface area is 137 Å². The molecule has 1 aliphatic carbocycles. The second-order valence-electron chi connectivity index (χ2n) is 5.36. The molecule has 0 radical (unpaired) electrons. The highest BCUT2D eigenvalue weighted by Crippen LogP contribution is 2.38. The van der Waals surface area contributed by atoms with Crippen molar-refractivity contribution in [3.05, 3.63) is 18.2 Å². The molecule has 3 rings (SSSR count). The number of aromatic nitrogens is 4.